The van der Waals surface area contributed by atoms with Gasteiger partial charge in [-0.1, -0.05) is 12.1 Å². The number of likely N-dealkylation sites (tertiary alicyclic amines) is 1. The van der Waals surface area contributed by atoms with E-state index < -0.39 is 0 Å². The number of aryl methyl sites for hydroxylation is 1. The number of anilines is 1. The molecule has 3 heteroatoms. The molecule has 86 valence electrons. The zero-order valence-electron chi connectivity index (χ0n) is 9.70. The van der Waals surface area contributed by atoms with Gasteiger partial charge in [-0.25, -0.2) is 0 Å². The molecule has 2 N–H and O–H groups in total. The Hall–Kier alpha value is -1.51. The van der Waals surface area contributed by atoms with E-state index in [9.17, 15) is 4.79 Å². The highest BCUT2D eigenvalue weighted by atomic mass is 16.2. The Morgan fingerprint density at radius 2 is 2.06 bits per heavy atom. The predicted molar refractivity (Wildman–Crippen MR) is 65.1 cm³/mol. The third-order valence-electron chi connectivity index (χ3n) is 3.10. The second-order valence-electron chi connectivity index (χ2n) is 4.47. The molecule has 1 saturated heterocycles. The topological polar surface area (TPSA) is 46.3 Å². The number of hydrogen-bond acceptors (Lipinski definition) is 2. The molecule has 0 aliphatic carbocycles. The number of amides is 1. The van der Waals surface area contributed by atoms with Crippen LogP contribution < -0.4 is 5.73 Å². The average molecular weight is 218 g/mol. The van der Waals surface area contributed by atoms with E-state index in [2.05, 4.69) is 0 Å². The molecule has 1 aliphatic heterocycles. The van der Waals surface area contributed by atoms with Crippen LogP contribution in [0.2, 0.25) is 0 Å². The normalized spacial score (nSPS) is 15.4. The largest absolute Gasteiger partial charge is 0.398 e. The molecule has 0 spiro atoms. The summed E-state index contributed by atoms with van der Waals surface area (Å²) in [6, 6.07) is 5.88. The molecule has 0 unspecified atom stereocenters. The number of carbonyl (C=O) groups is 1. The summed E-state index contributed by atoms with van der Waals surface area (Å²) in [4.78, 5) is 13.9. The number of hydrogen-bond donors (Lipinski definition) is 1. The lowest BCUT2D eigenvalue weighted by atomic mass is 10.1. The molecule has 16 heavy (non-hydrogen) atoms. The van der Waals surface area contributed by atoms with Gasteiger partial charge in [-0.05, 0) is 37.0 Å². The summed E-state index contributed by atoms with van der Waals surface area (Å²) >= 11 is 0. The molecule has 1 fully saturated rings. The molecule has 0 radical (unpaired) electrons. The van der Waals surface area contributed by atoms with Gasteiger partial charge in [0.2, 0.25) is 5.91 Å². The molecule has 0 atom stereocenters. The zero-order valence-corrected chi connectivity index (χ0v) is 9.70. The maximum atomic E-state index is 11.9. The monoisotopic (exact) mass is 218 g/mol. The fourth-order valence-electron chi connectivity index (χ4n) is 2.12. The number of nitrogens with zero attached hydrogens (tertiary/aromatic N) is 1. The molecule has 2 rings (SSSR count). The van der Waals surface area contributed by atoms with Crippen molar-refractivity contribution < 1.29 is 4.79 Å². The Kier molecular flexibility index (Phi) is 3.13. The summed E-state index contributed by atoms with van der Waals surface area (Å²) in [7, 11) is 0. The summed E-state index contributed by atoms with van der Waals surface area (Å²) in [6.07, 6.45) is 2.70. The Morgan fingerprint density at radius 3 is 2.69 bits per heavy atom. The molecular formula is C13H18N2O. The van der Waals surface area contributed by atoms with Crippen LogP contribution in [0.15, 0.2) is 18.2 Å². The first-order valence-corrected chi connectivity index (χ1v) is 5.79. The quantitative estimate of drug-likeness (QED) is 0.769. The van der Waals surface area contributed by atoms with Crippen LogP contribution in [0.5, 0.6) is 0 Å². The van der Waals surface area contributed by atoms with Crippen molar-refractivity contribution in [2.75, 3.05) is 18.8 Å². The van der Waals surface area contributed by atoms with E-state index >= 15 is 0 Å². The predicted octanol–water partition coefficient (Wildman–Crippen LogP) is 1.74. The smallest absolute Gasteiger partial charge is 0.227 e. The van der Waals surface area contributed by atoms with Crippen molar-refractivity contribution in [2.24, 2.45) is 0 Å². The molecule has 0 bridgehead atoms. The molecular weight excluding hydrogens is 200 g/mol. The molecule has 1 amide bonds. The first-order chi connectivity index (χ1) is 7.66. The molecule has 1 heterocycles. The lowest BCUT2D eigenvalue weighted by molar-refractivity contribution is -0.129. The number of rotatable bonds is 2. The van der Waals surface area contributed by atoms with Gasteiger partial charge in [-0.3, -0.25) is 4.79 Å². The summed E-state index contributed by atoms with van der Waals surface area (Å²) in [5.74, 6) is 0.202. The van der Waals surface area contributed by atoms with Crippen LogP contribution in [-0.4, -0.2) is 23.9 Å². The molecule has 1 aliphatic rings. The molecule has 1 aromatic carbocycles. The highest BCUT2D eigenvalue weighted by Gasteiger charge is 2.18. The molecule has 3 nitrogen and oxygen atoms in total. The fourth-order valence-corrected chi connectivity index (χ4v) is 2.12. The zero-order chi connectivity index (χ0) is 11.5. The van der Waals surface area contributed by atoms with Crippen LogP contribution in [0.25, 0.3) is 0 Å². The van der Waals surface area contributed by atoms with E-state index in [1.807, 2.05) is 30.0 Å². The van der Waals surface area contributed by atoms with E-state index in [4.69, 9.17) is 5.73 Å². The van der Waals surface area contributed by atoms with E-state index in [0.717, 1.165) is 42.7 Å². The minimum atomic E-state index is 0.202. The van der Waals surface area contributed by atoms with Gasteiger partial charge in [0.25, 0.3) is 0 Å². The van der Waals surface area contributed by atoms with Crippen molar-refractivity contribution in [3.8, 4) is 0 Å². The lowest BCUT2D eigenvalue weighted by Crippen LogP contribution is -2.29. The lowest BCUT2D eigenvalue weighted by Gasteiger charge is -2.15. The van der Waals surface area contributed by atoms with E-state index in [1.165, 1.54) is 0 Å². The van der Waals surface area contributed by atoms with Crippen LogP contribution in [0.1, 0.15) is 24.0 Å². The van der Waals surface area contributed by atoms with Crippen molar-refractivity contribution in [3.05, 3.63) is 29.3 Å². The minimum Gasteiger partial charge on any atom is -0.398 e. The Morgan fingerprint density at radius 1 is 1.38 bits per heavy atom. The van der Waals surface area contributed by atoms with Gasteiger partial charge in [0.1, 0.15) is 0 Å². The highest BCUT2D eigenvalue weighted by Crippen LogP contribution is 2.17. The third-order valence-corrected chi connectivity index (χ3v) is 3.10. The number of benzene rings is 1. The summed E-state index contributed by atoms with van der Waals surface area (Å²) in [6.45, 7) is 3.82. The maximum Gasteiger partial charge on any atom is 0.227 e. The Labute approximate surface area is 96.2 Å². The van der Waals surface area contributed by atoms with Crippen molar-refractivity contribution in [1.29, 1.82) is 0 Å². The van der Waals surface area contributed by atoms with E-state index in [-0.39, 0.29) is 5.91 Å². The van der Waals surface area contributed by atoms with Crippen molar-refractivity contribution >= 4 is 11.6 Å². The molecule has 1 aromatic rings. The summed E-state index contributed by atoms with van der Waals surface area (Å²) < 4.78 is 0. The van der Waals surface area contributed by atoms with Crippen LogP contribution in [0.3, 0.4) is 0 Å². The minimum absolute atomic E-state index is 0.202. The second-order valence-corrected chi connectivity index (χ2v) is 4.47. The summed E-state index contributed by atoms with van der Waals surface area (Å²) in [5, 5.41) is 0. The number of carbonyl (C=O) groups excluding carboxylic acids is 1. The van der Waals surface area contributed by atoms with Gasteiger partial charge < -0.3 is 10.6 Å². The van der Waals surface area contributed by atoms with E-state index in [0.29, 0.717) is 6.42 Å². The van der Waals surface area contributed by atoms with Gasteiger partial charge >= 0.3 is 0 Å². The van der Waals surface area contributed by atoms with Gasteiger partial charge in [-0.2, -0.15) is 0 Å². The number of nitrogen functional groups attached to an aromatic ring is 1. The number of nitrogens with two attached hydrogens (primary N) is 1. The molecule has 0 saturated carbocycles. The fraction of sp³-hybridized carbons (Fsp3) is 0.462. The van der Waals surface area contributed by atoms with Gasteiger partial charge in [-0.15, -0.1) is 0 Å². The first kappa shape index (κ1) is 11.0. The van der Waals surface area contributed by atoms with Crippen LogP contribution in [-0.2, 0) is 11.2 Å². The van der Waals surface area contributed by atoms with Crippen LogP contribution in [0, 0.1) is 6.92 Å². The first-order valence-electron chi connectivity index (χ1n) is 5.79. The van der Waals surface area contributed by atoms with Crippen LogP contribution in [0.4, 0.5) is 5.69 Å². The SMILES string of the molecule is Cc1ccc(CC(=O)N2CCCC2)c(N)c1. The Bertz CT molecular complexity index is 395. The Balaban J connectivity index is 2.05. The standard InChI is InChI=1S/C13H18N2O/c1-10-4-5-11(12(14)8-10)9-13(16)15-6-2-3-7-15/h4-5,8H,2-3,6-7,9,14H2,1H3. The molecule has 0 aromatic heterocycles. The third kappa shape index (κ3) is 2.35. The van der Waals surface area contributed by atoms with Gasteiger partial charge in [0, 0.05) is 18.8 Å². The van der Waals surface area contributed by atoms with Crippen molar-refractivity contribution in [3.63, 3.8) is 0 Å². The highest BCUT2D eigenvalue weighted by molar-refractivity contribution is 5.80. The van der Waals surface area contributed by atoms with Gasteiger partial charge in [0.15, 0.2) is 0 Å². The maximum absolute atomic E-state index is 11.9. The summed E-state index contributed by atoms with van der Waals surface area (Å²) in [5.41, 5.74) is 8.71. The van der Waals surface area contributed by atoms with Crippen molar-refractivity contribution in [1.82, 2.24) is 4.90 Å². The van der Waals surface area contributed by atoms with Crippen LogP contribution >= 0.6 is 0 Å². The van der Waals surface area contributed by atoms with Gasteiger partial charge in [0.05, 0.1) is 6.42 Å². The average Bonchev–Trinajstić information content (AvgIpc) is 2.75. The van der Waals surface area contributed by atoms with Crippen molar-refractivity contribution in [2.45, 2.75) is 26.2 Å². The second kappa shape index (κ2) is 4.56. The van der Waals surface area contributed by atoms with E-state index in [1.54, 1.807) is 0 Å².